The molecule has 0 radical (unpaired) electrons. The summed E-state index contributed by atoms with van der Waals surface area (Å²) in [6.07, 6.45) is 2.75. The van der Waals surface area contributed by atoms with Gasteiger partial charge in [0.1, 0.15) is 19.0 Å². The summed E-state index contributed by atoms with van der Waals surface area (Å²) >= 11 is 9.69. The molecule has 3 aromatic rings. The smallest absolute Gasteiger partial charge is 0.226 e. The standard InChI is InChI=1S/C26H26BrClN4O3/c1-4-34-21-10-16(9-18(27)24(21)35-13-15-5-7-17(28)8-6-15)23-22-19(11-26(2,3)12-20(22)33)31-25-29-14-30-32(23)25/h5-10,14,23H,4,11-13H2,1-3H3,(H,29,30,31). The van der Waals surface area contributed by atoms with Crippen molar-refractivity contribution in [1.29, 1.82) is 0 Å². The molecule has 9 heteroatoms. The number of rotatable bonds is 6. The van der Waals surface area contributed by atoms with Crippen LogP contribution < -0.4 is 14.8 Å². The van der Waals surface area contributed by atoms with E-state index in [1.807, 2.05) is 43.3 Å². The summed E-state index contributed by atoms with van der Waals surface area (Å²) in [5.74, 6) is 1.93. The first kappa shape index (κ1) is 23.9. The molecule has 1 atom stereocenters. The molecule has 1 unspecified atom stereocenters. The molecule has 1 aliphatic carbocycles. The van der Waals surface area contributed by atoms with Gasteiger partial charge in [-0.15, -0.1) is 0 Å². The van der Waals surface area contributed by atoms with Crippen molar-refractivity contribution in [2.75, 3.05) is 11.9 Å². The Bertz CT molecular complexity index is 1320. The highest BCUT2D eigenvalue weighted by Gasteiger charge is 2.41. The molecule has 0 bridgehead atoms. The van der Waals surface area contributed by atoms with Crippen LogP contribution >= 0.6 is 27.5 Å². The number of anilines is 1. The van der Waals surface area contributed by atoms with Gasteiger partial charge in [0.2, 0.25) is 5.95 Å². The third kappa shape index (κ3) is 4.69. The molecule has 0 spiro atoms. The number of Topliss-reactive ketones (excluding diaryl/α,β-unsaturated/α-hetero) is 1. The van der Waals surface area contributed by atoms with E-state index in [0.717, 1.165) is 33.3 Å². The molecular formula is C26H26BrClN4O3. The van der Waals surface area contributed by atoms with Gasteiger partial charge in [-0.25, -0.2) is 4.68 Å². The van der Waals surface area contributed by atoms with Gasteiger partial charge in [-0.1, -0.05) is 37.6 Å². The van der Waals surface area contributed by atoms with Crippen LogP contribution in [0.5, 0.6) is 11.5 Å². The van der Waals surface area contributed by atoms with Gasteiger partial charge in [0.15, 0.2) is 17.3 Å². The Labute approximate surface area is 217 Å². The lowest BCUT2D eigenvalue weighted by Gasteiger charge is -2.38. The highest BCUT2D eigenvalue weighted by Crippen LogP contribution is 2.47. The number of allylic oxidation sites excluding steroid dienone is 2. The predicted octanol–water partition coefficient (Wildman–Crippen LogP) is 6.33. The topological polar surface area (TPSA) is 78.3 Å². The van der Waals surface area contributed by atoms with Crippen molar-refractivity contribution in [2.45, 2.75) is 46.3 Å². The minimum Gasteiger partial charge on any atom is -0.490 e. The second-order valence-electron chi connectivity index (χ2n) is 9.57. The number of hydrogen-bond donors (Lipinski definition) is 1. The molecule has 1 aliphatic heterocycles. The van der Waals surface area contributed by atoms with Crippen molar-refractivity contribution >= 4 is 39.3 Å². The van der Waals surface area contributed by atoms with E-state index in [2.05, 4.69) is 45.2 Å². The van der Waals surface area contributed by atoms with Crippen molar-refractivity contribution < 1.29 is 14.3 Å². The Hall–Kier alpha value is -2.84. The van der Waals surface area contributed by atoms with Gasteiger partial charge in [-0.2, -0.15) is 10.1 Å². The van der Waals surface area contributed by atoms with Gasteiger partial charge >= 0.3 is 0 Å². The molecule has 7 nitrogen and oxygen atoms in total. The minimum absolute atomic E-state index is 0.118. The van der Waals surface area contributed by atoms with E-state index >= 15 is 0 Å². The summed E-state index contributed by atoms with van der Waals surface area (Å²) in [6.45, 7) is 6.98. The molecule has 0 fully saturated rings. The zero-order valence-electron chi connectivity index (χ0n) is 19.8. The molecule has 0 saturated carbocycles. The lowest BCUT2D eigenvalue weighted by atomic mass is 9.73. The van der Waals surface area contributed by atoms with Crippen LogP contribution in [-0.2, 0) is 11.4 Å². The van der Waals surface area contributed by atoms with Gasteiger partial charge in [0, 0.05) is 22.7 Å². The number of hydrogen-bond acceptors (Lipinski definition) is 6. The van der Waals surface area contributed by atoms with Crippen LogP contribution in [0.15, 0.2) is 58.5 Å². The molecule has 2 aromatic carbocycles. The summed E-state index contributed by atoms with van der Waals surface area (Å²) in [6, 6.07) is 11.0. The molecule has 2 aliphatic rings. The number of nitrogens with one attached hydrogen (secondary N) is 1. The first-order chi connectivity index (χ1) is 16.8. The fraction of sp³-hybridized carbons (Fsp3) is 0.346. The number of nitrogens with zero attached hydrogens (tertiary/aromatic N) is 3. The number of carbonyl (C=O) groups is 1. The highest BCUT2D eigenvalue weighted by molar-refractivity contribution is 9.10. The Kier molecular flexibility index (Phi) is 6.36. The molecule has 2 heterocycles. The maximum atomic E-state index is 13.4. The van der Waals surface area contributed by atoms with Crippen LogP contribution in [0.25, 0.3) is 0 Å². The average molecular weight is 558 g/mol. The molecule has 0 amide bonds. The SMILES string of the molecule is CCOc1cc(C2C3=C(CC(C)(C)CC3=O)Nc3ncnn32)cc(Br)c1OCc1ccc(Cl)cc1. The number of ketones is 1. The normalized spacial score (nSPS) is 18.5. The largest absolute Gasteiger partial charge is 0.490 e. The van der Waals surface area contributed by atoms with E-state index in [1.165, 1.54) is 6.33 Å². The van der Waals surface area contributed by atoms with Crippen molar-refractivity contribution in [3.05, 3.63) is 74.6 Å². The summed E-state index contributed by atoms with van der Waals surface area (Å²) in [5.41, 5.74) is 3.38. The third-order valence-corrected chi connectivity index (χ3v) is 7.06. The van der Waals surface area contributed by atoms with E-state index in [1.54, 1.807) is 4.68 Å². The summed E-state index contributed by atoms with van der Waals surface area (Å²) in [7, 11) is 0. The van der Waals surface area contributed by atoms with Crippen LogP contribution in [-0.4, -0.2) is 27.2 Å². The Morgan fingerprint density at radius 2 is 1.97 bits per heavy atom. The quantitative estimate of drug-likeness (QED) is 0.382. The van der Waals surface area contributed by atoms with E-state index in [4.69, 9.17) is 21.1 Å². The molecular weight excluding hydrogens is 532 g/mol. The van der Waals surface area contributed by atoms with Crippen molar-refractivity contribution in [1.82, 2.24) is 14.8 Å². The van der Waals surface area contributed by atoms with Gasteiger partial charge < -0.3 is 14.8 Å². The van der Waals surface area contributed by atoms with E-state index < -0.39 is 6.04 Å². The Balaban J connectivity index is 1.55. The van der Waals surface area contributed by atoms with Crippen LogP contribution in [0.1, 0.15) is 50.8 Å². The Morgan fingerprint density at radius 3 is 2.71 bits per heavy atom. The first-order valence-electron chi connectivity index (χ1n) is 11.5. The molecule has 5 rings (SSSR count). The molecule has 0 saturated heterocycles. The maximum Gasteiger partial charge on any atom is 0.226 e. The Morgan fingerprint density at radius 1 is 1.20 bits per heavy atom. The number of aromatic nitrogens is 3. The molecule has 1 N–H and O–H groups in total. The zero-order valence-corrected chi connectivity index (χ0v) is 22.1. The van der Waals surface area contributed by atoms with E-state index in [0.29, 0.717) is 42.1 Å². The van der Waals surface area contributed by atoms with Gasteiger partial charge in [0.05, 0.1) is 11.1 Å². The van der Waals surface area contributed by atoms with Crippen molar-refractivity contribution in [2.24, 2.45) is 5.41 Å². The van der Waals surface area contributed by atoms with Crippen LogP contribution in [0.3, 0.4) is 0 Å². The number of halogens is 2. The predicted molar refractivity (Wildman–Crippen MR) is 138 cm³/mol. The fourth-order valence-corrected chi connectivity index (χ4v) is 5.44. The highest BCUT2D eigenvalue weighted by atomic mass is 79.9. The van der Waals surface area contributed by atoms with Gasteiger partial charge in [-0.3, -0.25) is 4.79 Å². The van der Waals surface area contributed by atoms with E-state index in [-0.39, 0.29) is 11.2 Å². The average Bonchev–Trinajstić information content (AvgIpc) is 3.25. The van der Waals surface area contributed by atoms with Crippen LogP contribution in [0.4, 0.5) is 5.95 Å². The fourth-order valence-electron chi connectivity index (χ4n) is 4.74. The van der Waals surface area contributed by atoms with Crippen molar-refractivity contribution in [3.63, 3.8) is 0 Å². The summed E-state index contributed by atoms with van der Waals surface area (Å²) in [5, 5.41) is 8.47. The monoisotopic (exact) mass is 556 g/mol. The number of carbonyl (C=O) groups excluding carboxylic acids is 1. The van der Waals surface area contributed by atoms with Gasteiger partial charge in [-0.05, 0) is 70.1 Å². The minimum atomic E-state index is -0.409. The van der Waals surface area contributed by atoms with Gasteiger partial charge in [0.25, 0.3) is 0 Å². The first-order valence-corrected chi connectivity index (χ1v) is 12.7. The van der Waals surface area contributed by atoms with Crippen LogP contribution in [0.2, 0.25) is 5.02 Å². The lowest BCUT2D eigenvalue weighted by molar-refractivity contribution is -0.118. The number of benzene rings is 2. The summed E-state index contributed by atoms with van der Waals surface area (Å²) in [4.78, 5) is 17.8. The third-order valence-electron chi connectivity index (χ3n) is 6.22. The van der Waals surface area contributed by atoms with E-state index in [9.17, 15) is 4.79 Å². The lowest BCUT2D eigenvalue weighted by Crippen LogP contribution is -2.36. The second-order valence-corrected chi connectivity index (χ2v) is 10.9. The molecule has 182 valence electrons. The second kappa shape index (κ2) is 9.32. The van der Waals surface area contributed by atoms with Crippen LogP contribution in [0, 0.1) is 5.41 Å². The molecule has 35 heavy (non-hydrogen) atoms. The number of fused-ring (bicyclic) bond motifs is 1. The number of ether oxygens (including phenoxy) is 2. The van der Waals surface area contributed by atoms with Crippen molar-refractivity contribution in [3.8, 4) is 11.5 Å². The molecule has 1 aromatic heterocycles. The maximum absolute atomic E-state index is 13.4. The zero-order chi connectivity index (χ0) is 24.7. The summed E-state index contributed by atoms with van der Waals surface area (Å²) < 4.78 is 14.6.